The number of aromatic nitrogens is 1. The van der Waals surface area contributed by atoms with Gasteiger partial charge in [0.05, 0.1) is 19.9 Å². The van der Waals surface area contributed by atoms with Gasteiger partial charge < -0.3 is 19.7 Å². The molecule has 0 aliphatic carbocycles. The van der Waals surface area contributed by atoms with Crippen LogP contribution in [0.5, 0.6) is 11.5 Å². The van der Waals surface area contributed by atoms with Crippen LogP contribution in [0.3, 0.4) is 0 Å². The summed E-state index contributed by atoms with van der Waals surface area (Å²) < 4.78 is 10.5. The third kappa shape index (κ3) is 4.07. The number of piperidine rings is 1. The lowest BCUT2D eigenvalue weighted by Gasteiger charge is -2.31. The van der Waals surface area contributed by atoms with Crippen LogP contribution in [0.1, 0.15) is 30.1 Å². The molecule has 1 fully saturated rings. The normalized spacial score (nSPS) is 14.8. The highest BCUT2D eigenvalue weighted by molar-refractivity contribution is 6.05. The third-order valence-electron chi connectivity index (χ3n) is 4.77. The van der Waals surface area contributed by atoms with E-state index in [-0.39, 0.29) is 5.91 Å². The molecule has 0 bridgehead atoms. The van der Waals surface area contributed by atoms with Crippen molar-refractivity contribution in [2.24, 2.45) is 5.92 Å². The average molecular weight is 355 g/mol. The molecule has 0 unspecified atom stereocenters. The standard InChI is InChI=1S/C20H25N3O3/c1-14-7-10-23(11-8-14)19-12-15(6-9-21-19)20(24)22-17-5-4-16(25-2)13-18(17)26-3/h4-6,9,12-14H,7-8,10-11H2,1-3H3,(H,22,24). The molecule has 1 aliphatic rings. The second-order valence-corrected chi connectivity index (χ2v) is 6.59. The summed E-state index contributed by atoms with van der Waals surface area (Å²) >= 11 is 0. The second kappa shape index (κ2) is 8.08. The first-order valence-electron chi connectivity index (χ1n) is 8.85. The molecule has 0 atom stereocenters. The second-order valence-electron chi connectivity index (χ2n) is 6.59. The van der Waals surface area contributed by atoms with Gasteiger partial charge in [0.2, 0.25) is 0 Å². The number of ether oxygens (including phenoxy) is 2. The van der Waals surface area contributed by atoms with Crippen molar-refractivity contribution < 1.29 is 14.3 Å². The van der Waals surface area contributed by atoms with Gasteiger partial charge in [-0.05, 0) is 43.0 Å². The Bertz CT molecular complexity index is 771. The van der Waals surface area contributed by atoms with E-state index < -0.39 is 0 Å². The van der Waals surface area contributed by atoms with Crippen molar-refractivity contribution >= 4 is 17.4 Å². The number of benzene rings is 1. The van der Waals surface area contributed by atoms with Gasteiger partial charge in [-0.2, -0.15) is 0 Å². The average Bonchev–Trinajstić information content (AvgIpc) is 2.69. The summed E-state index contributed by atoms with van der Waals surface area (Å²) in [6.07, 6.45) is 4.00. The summed E-state index contributed by atoms with van der Waals surface area (Å²) in [5, 5.41) is 2.90. The van der Waals surface area contributed by atoms with Gasteiger partial charge >= 0.3 is 0 Å². The molecule has 1 aliphatic heterocycles. The summed E-state index contributed by atoms with van der Waals surface area (Å²) in [5.74, 6) is 2.64. The van der Waals surface area contributed by atoms with E-state index in [1.807, 2.05) is 6.07 Å². The van der Waals surface area contributed by atoms with Gasteiger partial charge in [-0.15, -0.1) is 0 Å². The molecule has 0 radical (unpaired) electrons. The molecule has 1 N–H and O–H groups in total. The Kier molecular flexibility index (Phi) is 5.61. The minimum atomic E-state index is -0.192. The van der Waals surface area contributed by atoms with E-state index in [0.717, 1.165) is 37.7 Å². The fourth-order valence-corrected chi connectivity index (χ4v) is 3.07. The highest BCUT2D eigenvalue weighted by Gasteiger charge is 2.18. The topological polar surface area (TPSA) is 63.7 Å². The fourth-order valence-electron chi connectivity index (χ4n) is 3.07. The van der Waals surface area contributed by atoms with Gasteiger partial charge in [-0.1, -0.05) is 6.92 Å². The van der Waals surface area contributed by atoms with Crippen LogP contribution >= 0.6 is 0 Å². The van der Waals surface area contributed by atoms with Crippen molar-refractivity contribution in [3.8, 4) is 11.5 Å². The minimum absolute atomic E-state index is 0.192. The van der Waals surface area contributed by atoms with Gasteiger partial charge in [-0.3, -0.25) is 4.79 Å². The van der Waals surface area contributed by atoms with Gasteiger partial charge in [-0.25, -0.2) is 4.98 Å². The molecule has 138 valence electrons. The molecule has 1 aromatic carbocycles. The van der Waals surface area contributed by atoms with Gasteiger partial charge in [0.15, 0.2) is 0 Å². The summed E-state index contributed by atoms with van der Waals surface area (Å²) in [5.41, 5.74) is 1.18. The number of pyridine rings is 1. The molecule has 1 aromatic heterocycles. The van der Waals surface area contributed by atoms with Crippen LogP contribution in [0.4, 0.5) is 11.5 Å². The van der Waals surface area contributed by atoms with Gasteiger partial charge in [0, 0.05) is 30.9 Å². The molecular formula is C20H25N3O3. The predicted octanol–water partition coefficient (Wildman–Crippen LogP) is 3.59. The zero-order valence-electron chi connectivity index (χ0n) is 15.5. The van der Waals surface area contributed by atoms with E-state index in [1.165, 1.54) is 0 Å². The zero-order valence-corrected chi connectivity index (χ0v) is 15.5. The van der Waals surface area contributed by atoms with Crippen LogP contribution < -0.4 is 19.7 Å². The number of carbonyl (C=O) groups excluding carboxylic acids is 1. The first-order valence-corrected chi connectivity index (χ1v) is 8.85. The molecule has 0 saturated carbocycles. The molecule has 3 rings (SSSR count). The van der Waals surface area contributed by atoms with E-state index in [0.29, 0.717) is 22.7 Å². The number of amides is 1. The molecular weight excluding hydrogens is 330 g/mol. The van der Waals surface area contributed by atoms with Gasteiger partial charge in [0.1, 0.15) is 17.3 Å². The monoisotopic (exact) mass is 355 g/mol. The van der Waals surface area contributed by atoms with Crippen LogP contribution in [0.15, 0.2) is 36.5 Å². The number of rotatable bonds is 5. The SMILES string of the molecule is COc1ccc(NC(=O)c2ccnc(N3CCC(C)CC3)c2)c(OC)c1. The maximum absolute atomic E-state index is 12.7. The van der Waals surface area contributed by atoms with Crippen molar-refractivity contribution in [3.63, 3.8) is 0 Å². The smallest absolute Gasteiger partial charge is 0.255 e. The highest BCUT2D eigenvalue weighted by atomic mass is 16.5. The van der Waals surface area contributed by atoms with Gasteiger partial charge in [0.25, 0.3) is 5.91 Å². The van der Waals surface area contributed by atoms with Crippen LogP contribution in [-0.4, -0.2) is 38.2 Å². The van der Waals surface area contributed by atoms with Crippen LogP contribution in [-0.2, 0) is 0 Å². The number of nitrogens with zero attached hydrogens (tertiary/aromatic N) is 2. The van der Waals surface area contributed by atoms with Crippen molar-refractivity contribution in [1.82, 2.24) is 4.98 Å². The van der Waals surface area contributed by atoms with Crippen molar-refractivity contribution in [2.45, 2.75) is 19.8 Å². The van der Waals surface area contributed by atoms with E-state index in [4.69, 9.17) is 9.47 Å². The maximum atomic E-state index is 12.7. The van der Waals surface area contributed by atoms with E-state index >= 15 is 0 Å². The Balaban J connectivity index is 1.75. The fraction of sp³-hybridized carbons (Fsp3) is 0.400. The Labute approximate surface area is 154 Å². The summed E-state index contributed by atoms with van der Waals surface area (Å²) in [7, 11) is 3.15. The largest absolute Gasteiger partial charge is 0.497 e. The van der Waals surface area contributed by atoms with Crippen molar-refractivity contribution in [1.29, 1.82) is 0 Å². The molecule has 6 heteroatoms. The number of hydrogen-bond acceptors (Lipinski definition) is 5. The third-order valence-corrected chi connectivity index (χ3v) is 4.77. The van der Waals surface area contributed by atoms with Crippen LogP contribution in [0.25, 0.3) is 0 Å². The zero-order chi connectivity index (χ0) is 18.5. The predicted molar refractivity (Wildman–Crippen MR) is 102 cm³/mol. The number of methoxy groups -OCH3 is 2. The quantitative estimate of drug-likeness (QED) is 0.888. The first-order chi connectivity index (χ1) is 12.6. The van der Waals surface area contributed by atoms with E-state index in [1.54, 1.807) is 44.7 Å². The maximum Gasteiger partial charge on any atom is 0.255 e. The minimum Gasteiger partial charge on any atom is -0.497 e. The molecule has 6 nitrogen and oxygen atoms in total. The number of nitrogens with one attached hydrogen (secondary N) is 1. The van der Waals surface area contributed by atoms with Crippen molar-refractivity contribution in [3.05, 3.63) is 42.1 Å². The van der Waals surface area contributed by atoms with Crippen LogP contribution in [0, 0.1) is 5.92 Å². The van der Waals surface area contributed by atoms with Crippen LogP contribution in [0.2, 0.25) is 0 Å². The Morgan fingerprint density at radius 3 is 2.62 bits per heavy atom. The Morgan fingerprint density at radius 2 is 1.92 bits per heavy atom. The molecule has 26 heavy (non-hydrogen) atoms. The lowest BCUT2D eigenvalue weighted by molar-refractivity contribution is 0.102. The Hall–Kier alpha value is -2.76. The molecule has 2 heterocycles. The summed E-state index contributed by atoms with van der Waals surface area (Å²) in [6.45, 7) is 4.23. The molecule has 1 amide bonds. The number of anilines is 2. The molecule has 2 aromatic rings. The molecule has 0 spiro atoms. The Morgan fingerprint density at radius 1 is 1.15 bits per heavy atom. The summed E-state index contributed by atoms with van der Waals surface area (Å²) in [4.78, 5) is 19.4. The highest BCUT2D eigenvalue weighted by Crippen LogP contribution is 2.29. The van der Waals surface area contributed by atoms with Crippen molar-refractivity contribution in [2.75, 3.05) is 37.5 Å². The molecule has 1 saturated heterocycles. The van der Waals surface area contributed by atoms with E-state index in [2.05, 4.69) is 22.1 Å². The lowest BCUT2D eigenvalue weighted by atomic mass is 9.99. The first kappa shape index (κ1) is 18.0. The lowest BCUT2D eigenvalue weighted by Crippen LogP contribution is -2.33. The number of hydrogen-bond donors (Lipinski definition) is 1. The number of carbonyl (C=O) groups is 1. The van der Waals surface area contributed by atoms with E-state index in [9.17, 15) is 4.79 Å². The summed E-state index contributed by atoms with van der Waals surface area (Å²) in [6, 6.07) is 8.86.